The molecule has 2 aromatic carbocycles. The Bertz CT molecular complexity index is 811. The maximum Gasteiger partial charge on any atom is 0.429 e. The molecule has 0 radical (unpaired) electrons. The van der Waals surface area contributed by atoms with E-state index in [1.807, 2.05) is 0 Å². The molecular weight excluding hydrogens is 395 g/mol. The van der Waals surface area contributed by atoms with Crippen LogP contribution in [0, 0.1) is 12.7 Å². The first-order chi connectivity index (χ1) is 12.5. The Morgan fingerprint density at radius 3 is 2.19 bits per heavy atom. The van der Waals surface area contributed by atoms with E-state index in [9.17, 15) is 30.7 Å². The second-order valence-electron chi connectivity index (χ2n) is 5.69. The van der Waals surface area contributed by atoms with Crippen molar-refractivity contribution in [1.29, 1.82) is 0 Å². The molecule has 0 aliphatic rings. The Labute approximate surface area is 155 Å². The van der Waals surface area contributed by atoms with Crippen LogP contribution in [0.4, 0.5) is 36.4 Å². The number of benzene rings is 2. The van der Waals surface area contributed by atoms with Crippen LogP contribution in [0.2, 0.25) is 0 Å². The van der Waals surface area contributed by atoms with Crippen molar-refractivity contribution in [1.82, 2.24) is 0 Å². The molecule has 0 saturated heterocycles. The molecule has 0 saturated carbocycles. The first kappa shape index (κ1) is 21.3. The van der Waals surface area contributed by atoms with Crippen LogP contribution in [-0.4, -0.2) is 23.8 Å². The number of alkyl halides is 6. The van der Waals surface area contributed by atoms with Crippen LogP contribution in [0.25, 0.3) is 0 Å². The van der Waals surface area contributed by atoms with Crippen molar-refractivity contribution in [2.75, 3.05) is 5.75 Å². The molecule has 0 N–H and O–H groups in total. The van der Waals surface area contributed by atoms with Crippen molar-refractivity contribution >= 4 is 23.2 Å². The molecule has 0 atom stereocenters. The lowest BCUT2D eigenvalue weighted by Crippen LogP contribution is -2.25. The predicted molar refractivity (Wildman–Crippen MR) is 91.2 cm³/mol. The molecule has 2 aromatic rings. The summed E-state index contributed by atoms with van der Waals surface area (Å²) in [6.07, 6.45) is -9.85. The van der Waals surface area contributed by atoms with Crippen molar-refractivity contribution in [2.45, 2.75) is 30.6 Å². The fraction of sp³-hybridized carbons (Fsp3) is 0.278. The second-order valence-corrected chi connectivity index (χ2v) is 6.71. The minimum Gasteiger partial charge on any atom is -0.245 e. The minimum absolute atomic E-state index is 0.0220. The molecular formula is C18H14F7NS. The van der Waals surface area contributed by atoms with Crippen LogP contribution >= 0.6 is 11.8 Å². The largest absolute Gasteiger partial charge is 0.429 e. The summed E-state index contributed by atoms with van der Waals surface area (Å²) in [6.45, 7) is 1.38. The van der Waals surface area contributed by atoms with E-state index in [-0.39, 0.29) is 10.5 Å². The van der Waals surface area contributed by atoms with Gasteiger partial charge >= 0.3 is 12.4 Å². The minimum atomic E-state index is -4.81. The molecule has 1 nitrogen and oxygen atoms in total. The fourth-order valence-corrected chi connectivity index (χ4v) is 2.98. The number of hydrogen-bond acceptors (Lipinski definition) is 2. The number of hydrogen-bond donors (Lipinski definition) is 0. The smallest absolute Gasteiger partial charge is 0.245 e. The van der Waals surface area contributed by atoms with Gasteiger partial charge in [0.2, 0.25) is 0 Å². The van der Waals surface area contributed by atoms with Crippen LogP contribution in [0.1, 0.15) is 11.1 Å². The van der Waals surface area contributed by atoms with Crippen LogP contribution in [0.15, 0.2) is 52.4 Å². The molecule has 0 fully saturated rings. The zero-order chi connectivity index (χ0) is 20.2. The van der Waals surface area contributed by atoms with E-state index in [1.54, 1.807) is 18.2 Å². The van der Waals surface area contributed by atoms with Crippen molar-refractivity contribution in [3.05, 3.63) is 59.4 Å². The van der Waals surface area contributed by atoms with Crippen molar-refractivity contribution in [2.24, 2.45) is 4.99 Å². The number of aryl methyl sites for hydroxylation is 1. The summed E-state index contributed by atoms with van der Waals surface area (Å²) in [6, 6.07) is 9.49. The van der Waals surface area contributed by atoms with Gasteiger partial charge in [0.1, 0.15) is 17.2 Å². The molecule has 0 amide bonds. The molecule has 0 aliphatic carbocycles. The van der Waals surface area contributed by atoms with E-state index in [2.05, 4.69) is 4.99 Å². The summed E-state index contributed by atoms with van der Waals surface area (Å²) in [5, 5.41) is 0. The summed E-state index contributed by atoms with van der Waals surface area (Å²) in [5.41, 5.74) is -1.36. The SMILES string of the molecule is Cc1cc(F)c(N=C(Cc2ccccc2)C(F)(F)F)cc1SCC(F)(F)F. The molecule has 27 heavy (non-hydrogen) atoms. The normalized spacial score (nSPS) is 13.1. The maximum absolute atomic E-state index is 14.1. The highest BCUT2D eigenvalue weighted by Gasteiger charge is 2.36. The molecule has 0 bridgehead atoms. The Morgan fingerprint density at radius 2 is 1.63 bits per heavy atom. The van der Waals surface area contributed by atoms with Gasteiger partial charge in [0.15, 0.2) is 0 Å². The quantitative estimate of drug-likeness (QED) is 0.305. The highest BCUT2D eigenvalue weighted by molar-refractivity contribution is 7.99. The van der Waals surface area contributed by atoms with Gasteiger partial charge in [-0.25, -0.2) is 9.38 Å². The summed E-state index contributed by atoms with van der Waals surface area (Å²) in [7, 11) is 0. The Morgan fingerprint density at radius 1 is 1.00 bits per heavy atom. The van der Waals surface area contributed by atoms with E-state index in [4.69, 9.17) is 0 Å². The lowest BCUT2D eigenvalue weighted by molar-refractivity contribution is -0.105. The monoisotopic (exact) mass is 409 g/mol. The number of rotatable bonds is 5. The van der Waals surface area contributed by atoms with E-state index in [0.29, 0.717) is 17.3 Å². The number of halogens is 7. The van der Waals surface area contributed by atoms with Crippen LogP contribution in [0.5, 0.6) is 0 Å². The van der Waals surface area contributed by atoms with E-state index >= 15 is 0 Å². The standard InChI is InChI=1S/C18H14F7NS/c1-11-7-13(19)14(9-15(11)27-10-17(20,21)22)26-16(18(23,24)25)8-12-5-3-2-4-6-12/h2-7,9H,8,10H2,1H3. The van der Waals surface area contributed by atoms with Crippen LogP contribution in [0.3, 0.4) is 0 Å². The molecule has 0 aliphatic heterocycles. The first-order valence-corrected chi connectivity index (χ1v) is 8.62. The zero-order valence-corrected chi connectivity index (χ0v) is 14.8. The fourth-order valence-electron chi connectivity index (χ4n) is 2.18. The van der Waals surface area contributed by atoms with E-state index < -0.39 is 41.7 Å². The number of aliphatic imine (C=N–C) groups is 1. The van der Waals surface area contributed by atoms with Gasteiger partial charge in [-0.05, 0) is 30.2 Å². The van der Waals surface area contributed by atoms with Gasteiger partial charge in [-0.15, -0.1) is 11.8 Å². The third-order valence-corrected chi connectivity index (χ3v) is 4.66. The van der Waals surface area contributed by atoms with Gasteiger partial charge < -0.3 is 0 Å². The lowest BCUT2D eigenvalue weighted by Gasteiger charge is -2.13. The number of nitrogens with zero attached hydrogens (tertiary/aromatic N) is 1. The molecule has 9 heteroatoms. The highest BCUT2D eigenvalue weighted by atomic mass is 32.2. The summed E-state index contributed by atoms with van der Waals surface area (Å²) < 4.78 is 91.2. The third kappa shape index (κ3) is 6.57. The van der Waals surface area contributed by atoms with Crippen molar-refractivity contribution < 1.29 is 30.7 Å². The van der Waals surface area contributed by atoms with E-state index in [0.717, 1.165) is 12.1 Å². The molecule has 0 unspecified atom stereocenters. The molecule has 2 rings (SSSR count). The summed E-state index contributed by atoms with van der Waals surface area (Å²) in [5.74, 6) is -2.27. The average molecular weight is 409 g/mol. The molecule has 0 aromatic heterocycles. The second kappa shape index (κ2) is 8.33. The van der Waals surface area contributed by atoms with Gasteiger partial charge in [-0.2, -0.15) is 26.3 Å². The first-order valence-electron chi connectivity index (χ1n) is 7.64. The zero-order valence-electron chi connectivity index (χ0n) is 14.0. The van der Waals surface area contributed by atoms with Gasteiger partial charge in [-0.1, -0.05) is 30.3 Å². The lowest BCUT2D eigenvalue weighted by atomic mass is 10.1. The topological polar surface area (TPSA) is 12.4 Å². The average Bonchev–Trinajstić information content (AvgIpc) is 2.54. The van der Waals surface area contributed by atoms with Crippen molar-refractivity contribution in [3.63, 3.8) is 0 Å². The van der Waals surface area contributed by atoms with Gasteiger partial charge in [0.25, 0.3) is 0 Å². The Hall–Kier alpha value is -2.03. The molecule has 0 heterocycles. The highest BCUT2D eigenvalue weighted by Crippen LogP contribution is 2.34. The van der Waals surface area contributed by atoms with Crippen LogP contribution in [-0.2, 0) is 6.42 Å². The number of thioether (sulfide) groups is 1. The van der Waals surface area contributed by atoms with Gasteiger partial charge in [-0.3, -0.25) is 0 Å². The predicted octanol–water partition coefficient (Wildman–Crippen LogP) is 6.67. The molecule has 146 valence electrons. The summed E-state index contributed by atoms with van der Waals surface area (Å²) in [4.78, 5) is 3.41. The van der Waals surface area contributed by atoms with Gasteiger partial charge in [0, 0.05) is 11.3 Å². The van der Waals surface area contributed by atoms with Crippen LogP contribution < -0.4 is 0 Å². The Balaban J connectivity index is 2.40. The van der Waals surface area contributed by atoms with Crippen molar-refractivity contribution in [3.8, 4) is 0 Å². The third-order valence-electron chi connectivity index (χ3n) is 3.43. The Kier molecular flexibility index (Phi) is 6.56. The van der Waals surface area contributed by atoms with Gasteiger partial charge in [0.05, 0.1) is 5.75 Å². The summed E-state index contributed by atoms with van der Waals surface area (Å²) >= 11 is 0.373. The molecule has 0 spiro atoms. The maximum atomic E-state index is 14.1. The van der Waals surface area contributed by atoms with E-state index in [1.165, 1.54) is 19.1 Å².